The molecule has 19 heavy (non-hydrogen) atoms. The van der Waals surface area contributed by atoms with Crippen LogP contribution in [0.4, 0.5) is 11.4 Å². The van der Waals surface area contributed by atoms with Gasteiger partial charge in [0.15, 0.2) is 0 Å². The Hall–Kier alpha value is -1.43. The molecule has 0 aliphatic carbocycles. The highest BCUT2D eigenvalue weighted by atomic mass is 32.2. The van der Waals surface area contributed by atoms with Gasteiger partial charge in [-0.05, 0) is 24.7 Å². The predicted octanol–water partition coefficient (Wildman–Crippen LogP) is 3.30. The number of benzene rings is 1. The van der Waals surface area contributed by atoms with E-state index in [0.717, 1.165) is 6.54 Å². The molecule has 0 saturated carbocycles. The summed E-state index contributed by atoms with van der Waals surface area (Å²) in [6.45, 7) is 0.763. The van der Waals surface area contributed by atoms with Gasteiger partial charge in [-0.15, -0.1) is 0 Å². The number of anilines is 1. The normalized spacial score (nSPS) is 18.9. The van der Waals surface area contributed by atoms with Gasteiger partial charge in [-0.3, -0.25) is 10.1 Å². The first-order valence-corrected chi connectivity index (χ1v) is 7.43. The van der Waals surface area contributed by atoms with E-state index in [1.54, 1.807) is 19.2 Å². The van der Waals surface area contributed by atoms with Gasteiger partial charge in [0.1, 0.15) is 11.4 Å². The van der Waals surface area contributed by atoms with Crippen molar-refractivity contribution < 1.29 is 9.66 Å². The Morgan fingerprint density at radius 3 is 3.00 bits per heavy atom. The molecule has 1 aromatic rings. The maximum Gasteiger partial charge on any atom is 0.292 e. The fourth-order valence-electron chi connectivity index (χ4n) is 2.14. The zero-order chi connectivity index (χ0) is 13.7. The topological polar surface area (TPSA) is 64.4 Å². The van der Waals surface area contributed by atoms with Crippen LogP contribution in [0.25, 0.3) is 0 Å². The molecule has 0 spiro atoms. The molecule has 1 unspecified atom stereocenters. The van der Waals surface area contributed by atoms with E-state index in [1.807, 2.05) is 11.8 Å². The number of nitrogens with one attached hydrogen (secondary N) is 1. The molecule has 1 N–H and O–H groups in total. The molecular weight excluding hydrogens is 264 g/mol. The lowest BCUT2D eigenvalue weighted by Gasteiger charge is -2.22. The van der Waals surface area contributed by atoms with E-state index in [9.17, 15) is 10.1 Å². The molecule has 1 heterocycles. The number of nitrogens with zero attached hydrogens (tertiary/aromatic N) is 1. The summed E-state index contributed by atoms with van der Waals surface area (Å²) in [4.78, 5) is 10.6. The molecule has 1 aliphatic heterocycles. The number of hydrogen-bond acceptors (Lipinski definition) is 5. The van der Waals surface area contributed by atoms with E-state index in [0.29, 0.717) is 16.7 Å². The second-order valence-corrected chi connectivity index (χ2v) is 5.92. The van der Waals surface area contributed by atoms with Crippen molar-refractivity contribution >= 4 is 23.1 Å². The first-order valence-electron chi connectivity index (χ1n) is 6.38. The molecule has 6 heteroatoms. The van der Waals surface area contributed by atoms with Crippen molar-refractivity contribution in [1.29, 1.82) is 0 Å². The third-order valence-corrected chi connectivity index (χ3v) is 4.59. The van der Waals surface area contributed by atoms with Crippen molar-refractivity contribution in [3.8, 4) is 5.75 Å². The summed E-state index contributed by atoms with van der Waals surface area (Å²) in [6.07, 6.45) is 3.70. The maximum atomic E-state index is 11.0. The van der Waals surface area contributed by atoms with Gasteiger partial charge in [-0.1, -0.05) is 6.42 Å². The van der Waals surface area contributed by atoms with Gasteiger partial charge < -0.3 is 10.1 Å². The minimum atomic E-state index is -0.365. The molecule has 2 rings (SSSR count). The van der Waals surface area contributed by atoms with E-state index in [1.165, 1.54) is 31.1 Å². The van der Waals surface area contributed by atoms with Crippen molar-refractivity contribution in [3.05, 3.63) is 28.3 Å². The van der Waals surface area contributed by atoms with E-state index < -0.39 is 0 Å². The summed E-state index contributed by atoms with van der Waals surface area (Å²) in [7, 11) is 1.56. The van der Waals surface area contributed by atoms with E-state index in [-0.39, 0.29) is 10.6 Å². The van der Waals surface area contributed by atoms with Crippen molar-refractivity contribution in [2.45, 2.75) is 24.5 Å². The molecule has 0 aromatic heterocycles. The van der Waals surface area contributed by atoms with Gasteiger partial charge in [-0.2, -0.15) is 11.8 Å². The Balaban J connectivity index is 2.06. The summed E-state index contributed by atoms with van der Waals surface area (Å²) in [5, 5.41) is 14.7. The maximum absolute atomic E-state index is 11.0. The Bertz CT molecular complexity index is 448. The van der Waals surface area contributed by atoms with Crippen LogP contribution in [-0.4, -0.2) is 29.6 Å². The molecule has 1 fully saturated rings. The summed E-state index contributed by atoms with van der Waals surface area (Å²) in [6, 6.07) is 4.78. The largest absolute Gasteiger partial charge is 0.497 e. The number of nitro benzene ring substituents is 1. The zero-order valence-corrected chi connectivity index (χ0v) is 11.7. The second kappa shape index (κ2) is 6.65. The van der Waals surface area contributed by atoms with Crippen molar-refractivity contribution in [2.75, 3.05) is 24.7 Å². The van der Waals surface area contributed by atoms with Crippen molar-refractivity contribution in [2.24, 2.45) is 0 Å². The van der Waals surface area contributed by atoms with Crippen LogP contribution in [-0.2, 0) is 0 Å². The number of thioether (sulfide) groups is 1. The second-order valence-electron chi connectivity index (χ2n) is 4.51. The summed E-state index contributed by atoms with van der Waals surface area (Å²) in [5.74, 6) is 1.82. The summed E-state index contributed by atoms with van der Waals surface area (Å²) in [5.41, 5.74) is 0.636. The molecule has 0 amide bonds. The fraction of sp³-hybridized carbons (Fsp3) is 0.538. The Morgan fingerprint density at radius 1 is 1.53 bits per heavy atom. The number of rotatable bonds is 5. The highest BCUT2D eigenvalue weighted by molar-refractivity contribution is 7.99. The van der Waals surface area contributed by atoms with Crippen LogP contribution in [0.1, 0.15) is 19.3 Å². The molecule has 0 radical (unpaired) electrons. The predicted molar refractivity (Wildman–Crippen MR) is 78.2 cm³/mol. The highest BCUT2D eigenvalue weighted by Crippen LogP contribution is 2.30. The average molecular weight is 282 g/mol. The first kappa shape index (κ1) is 14.0. The van der Waals surface area contributed by atoms with Crippen molar-refractivity contribution in [1.82, 2.24) is 0 Å². The van der Waals surface area contributed by atoms with Crippen LogP contribution in [0.3, 0.4) is 0 Å². The average Bonchev–Trinajstić information content (AvgIpc) is 2.45. The fourth-order valence-corrected chi connectivity index (χ4v) is 3.37. The third-order valence-electron chi connectivity index (χ3n) is 3.19. The SMILES string of the molecule is COc1ccc([N+](=O)[O-])c(NCC2CCCCS2)c1. The van der Waals surface area contributed by atoms with E-state index in [2.05, 4.69) is 5.32 Å². The quantitative estimate of drug-likeness (QED) is 0.663. The van der Waals surface area contributed by atoms with Crippen LogP contribution >= 0.6 is 11.8 Å². The number of ether oxygens (including phenoxy) is 1. The molecule has 0 bridgehead atoms. The molecule has 1 atom stereocenters. The third kappa shape index (κ3) is 3.76. The number of hydrogen-bond donors (Lipinski definition) is 1. The lowest BCUT2D eigenvalue weighted by Crippen LogP contribution is -2.20. The van der Waals surface area contributed by atoms with Gasteiger partial charge in [0.2, 0.25) is 0 Å². The van der Waals surface area contributed by atoms with Gasteiger partial charge in [-0.25, -0.2) is 0 Å². The lowest BCUT2D eigenvalue weighted by atomic mass is 10.2. The highest BCUT2D eigenvalue weighted by Gasteiger charge is 2.18. The number of methoxy groups -OCH3 is 1. The van der Waals surface area contributed by atoms with Crippen LogP contribution in [0.2, 0.25) is 0 Å². The summed E-state index contributed by atoms with van der Waals surface area (Å²) < 4.78 is 5.11. The Kier molecular flexibility index (Phi) is 4.90. The smallest absolute Gasteiger partial charge is 0.292 e. The van der Waals surface area contributed by atoms with E-state index in [4.69, 9.17) is 4.74 Å². The molecule has 5 nitrogen and oxygen atoms in total. The van der Waals surface area contributed by atoms with Gasteiger partial charge in [0.05, 0.1) is 12.0 Å². The summed E-state index contributed by atoms with van der Waals surface area (Å²) >= 11 is 1.94. The number of nitro groups is 1. The lowest BCUT2D eigenvalue weighted by molar-refractivity contribution is -0.384. The van der Waals surface area contributed by atoms with Crippen LogP contribution < -0.4 is 10.1 Å². The Morgan fingerprint density at radius 2 is 2.37 bits per heavy atom. The van der Waals surface area contributed by atoms with Gasteiger partial charge in [0.25, 0.3) is 5.69 Å². The molecular formula is C13H18N2O3S. The standard InChI is InChI=1S/C13H18N2O3S/c1-18-10-5-6-13(15(16)17)12(8-10)14-9-11-4-2-3-7-19-11/h5-6,8,11,14H,2-4,7,9H2,1H3. The van der Waals surface area contributed by atoms with Crippen LogP contribution in [0.15, 0.2) is 18.2 Å². The Labute approximate surface area is 116 Å². The first-order chi connectivity index (χ1) is 9.20. The van der Waals surface area contributed by atoms with Crippen LogP contribution in [0.5, 0.6) is 5.75 Å². The molecule has 1 aromatic carbocycles. The van der Waals surface area contributed by atoms with Gasteiger partial charge >= 0.3 is 0 Å². The molecule has 1 aliphatic rings. The van der Waals surface area contributed by atoms with Gasteiger partial charge in [0, 0.05) is 23.9 Å². The molecule has 1 saturated heterocycles. The van der Waals surface area contributed by atoms with Crippen LogP contribution in [0, 0.1) is 10.1 Å². The zero-order valence-electron chi connectivity index (χ0n) is 10.9. The minimum Gasteiger partial charge on any atom is -0.497 e. The monoisotopic (exact) mass is 282 g/mol. The minimum absolute atomic E-state index is 0.0987. The van der Waals surface area contributed by atoms with Crippen molar-refractivity contribution in [3.63, 3.8) is 0 Å². The van der Waals surface area contributed by atoms with E-state index >= 15 is 0 Å². The molecule has 104 valence electrons.